The van der Waals surface area contributed by atoms with Gasteiger partial charge in [-0.1, -0.05) is 0 Å². The molecule has 0 fully saturated rings. The van der Waals surface area contributed by atoms with Crippen molar-refractivity contribution in [3.63, 3.8) is 0 Å². The number of nitrogens with two attached hydrogens (primary N) is 1. The molecule has 0 bridgehead atoms. The van der Waals surface area contributed by atoms with E-state index in [0.717, 1.165) is 0 Å². The quantitative estimate of drug-likeness (QED) is 0.719. The first-order valence-electron chi connectivity index (χ1n) is 4.89. The third-order valence-electron chi connectivity index (χ3n) is 1.99. The maximum absolute atomic E-state index is 11.6. The molecule has 6 heteroatoms. The molecule has 3 N–H and O–H groups in total. The molecule has 1 aromatic heterocycles. The van der Waals surface area contributed by atoms with Crippen LogP contribution >= 0.6 is 0 Å². The summed E-state index contributed by atoms with van der Waals surface area (Å²) in [6, 6.07) is 1.58. The van der Waals surface area contributed by atoms with Crippen LogP contribution in [0.4, 0.5) is 5.69 Å². The van der Waals surface area contributed by atoms with E-state index >= 15 is 0 Å². The molecule has 88 valence electrons. The second-order valence-corrected chi connectivity index (χ2v) is 4.90. The van der Waals surface area contributed by atoms with Crippen LogP contribution in [0, 0.1) is 0 Å². The van der Waals surface area contributed by atoms with Crippen molar-refractivity contribution in [2.75, 3.05) is 24.3 Å². The molecule has 1 unspecified atom stereocenters. The molecule has 0 aliphatic heterocycles. The molecule has 0 saturated heterocycles. The Morgan fingerprint density at radius 2 is 2.38 bits per heavy atom. The summed E-state index contributed by atoms with van der Waals surface area (Å²) >= 11 is 0. The third-order valence-corrected chi connectivity index (χ3v) is 2.86. The largest absolute Gasteiger partial charge is 0.398 e. The van der Waals surface area contributed by atoms with Crippen LogP contribution in [0.2, 0.25) is 0 Å². The molecule has 0 radical (unpaired) electrons. The third kappa shape index (κ3) is 3.98. The normalized spacial score (nSPS) is 12.1. The van der Waals surface area contributed by atoms with Crippen LogP contribution in [0.3, 0.4) is 0 Å². The lowest BCUT2D eigenvalue weighted by molar-refractivity contribution is 0.0954. The van der Waals surface area contributed by atoms with Gasteiger partial charge in [0, 0.05) is 47.4 Å². The number of pyridine rings is 1. The van der Waals surface area contributed by atoms with E-state index in [-0.39, 0.29) is 5.91 Å². The number of nitrogen functional groups attached to an aromatic ring is 1. The average molecular weight is 241 g/mol. The Morgan fingerprint density at radius 3 is 3.00 bits per heavy atom. The molecule has 0 aliphatic rings. The van der Waals surface area contributed by atoms with Gasteiger partial charge in [0.25, 0.3) is 5.91 Å². The standard InChI is InChI=1S/C10H15N3O2S/c1-16(15)6-2-4-13-10(14)8-7-12-5-3-9(8)11/h3,5,7H,2,4,6H2,1H3,(H2,11,12)(H,13,14). The van der Waals surface area contributed by atoms with Crippen LogP contribution in [0.25, 0.3) is 0 Å². The fourth-order valence-electron chi connectivity index (χ4n) is 1.17. The summed E-state index contributed by atoms with van der Waals surface area (Å²) in [6.07, 6.45) is 5.30. The lowest BCUT2D eigenvalue weighted by atomic mass is 10.2. The Balaban J connectivity index is 2.41. The van der Waals surface area contributed by atoms with Crippen molar-refractivity contribution in [3.05, 3.63) is 24.0 Å². The highest BCUT2D eigenvalue weighted by molar-refractivity contribution is 7.84. The summed E-state index contributed by atoms with van der Waals surface area (Å²) < 4.78 is 10.8. The summed E-state index contributed by atoms with van der Waals surface area (Å²) in [7, 11) is -0.817. The van der Waals surface area contributed by atoms with Gasteiger partial charge < -0.3 is 11.1 Å². The minimum absolute atomic E-state index is 0.243. The maximum atomic E-state index is 11.6. The van der Waals surface area contributed by atoms with Crippen LogP contribution in [0.15, 0.2) is 18.5 Å². The molecule has 16 heavy (non-hydrogen) atoms. The first kappa shape index (κ1) is 12.6. The van der Waals surface area contributed by atoms with E-state index in [9.17, 15) is 9.00 Å². The highest BCUT2D eigenvalue weighted by atomic mass is 32.2. The minimum atomic E-state index is -0.817. The van der Waals surface area contributed by atoms with Gasteiger partial charge in [-0.2, -0.15) is 0 Å². The van der Waals surface area contributed by atoms with Gasteiger partial charge >= 0.3 is 0 Å². The number of anilines is 1. The molecule has 1 heterocycles. The van der Waals surface area contributed by atoms with Gasteiger partial charge in [0.2, 0.25) is 0 Å². The second-order valence-electron chi connectivity index (χ2n) is 3.35. The molecule has 5 nitrogen and oxygen atoms in total. The predicted octanol–water partition coefficient (Wildman–Crippen LogP) is 0.162. The number of amides is 1. The molecule has 1 aromatic rings. The highest BCUT2D eigenvalue weighted by Gasteiger charge is 2.08. The fourth-order valence-corrected chi connectivity index (χ4v) is 1.72. The maximum Gasteiger partial charge on any atom is 0.254 e. The number of aromatic nitrogens is 1. The molecule has 1 rings (SSSR count). The first-order chi connectivity index (χ1) is 7.61. The van der Waals surface area contributed by atoms with Crippen LogP contribution in [0.5, 0.6) is 0 Å². The number of hydrogen-bond donors (Lipinski definition) is 2. The van der Waals surface area contributed by atoms with Crippen molar-refractivity contribution in [1.82, 2.24) is 10.3 Å². The van der Waals surface area contributed by atoms with Crippen LogP contribution in [0.1, 0.15) is 16.8 Å². The highest BCUT2D eigenvalue weighted by Crippen LogP contribution is 2.07. The Morgan fingerprint density at radius 1 is 1.62 bits per heavy atom. The molecule has 0 saturated carbocycles. The zero-order chi connectivity index (χ0) is 12.0. The van der Waals surface area contributed by atoms with Crippen molar-refractivity contribution < 1.29 is 9.00 Å². The van der Waals surface area contributed by atoms with Gasteiger partial charge in [0.05, 0.1) is 5.56 Å². The predicted molar refractivity (Wildman–Crippen MR) is 64.5 cm³/mol. The van der Waals surface area contributed by atoms with Crippen molar-refractivity contribution in [2.45, 2.75) is 6.42 Å². The molecule has 0 aliphatic carbocycles. The number of carbonyl (C=O) groups excluding carboxylic acids is 1. The van der Waals surface area contributed by atoms with E-state index in [0.29, 0.717) is 30.0 Å². The fraction of sp³-hybridized carbons (Fsp3) is 0.400. The minimum Gasteiger partial charge on any atom is -0.398 e. The number of hydrogen-bond acceptors (Lipinski definition) is 4. The van der Waals surface area contributed by atoms with E-state index < -0.39 is 10.8 Å². The summed E-state index contributed by atoms with van der Waals surface area (Å²) in [5.41, 5.74) is 6.41. The SMILES string of the molecule is CS(=O)CCCNC(=O)c1cnccc1N. The summed E-state index contributed by atoms with van der Waals surface area (Å²) in [6.45, 7) is 0.493. The number of nitrogens with zero attached hydrogens (tertiary/aromatic N) is 1. The molecule has 0 aromatic carbocycles. The van der Waals surface area contributed by atoms with E-state index in [4.69, 9.17) is 5.73 Å². The van der Waals surface area contributed by atoms with Crippen LogP contribution in [-0.2, 0) is 10.8 Å². The van der Waals surface area contributed by atoms with Gasteiger partial charge in [-0.15, -0.1) is 0 Å². The summed E-state index contributed by atoms with van der Waals surface area (Å²) in [4.78, 5) is 15.4. The molecule has 0 spiro atoms. The van der Waals surface area contributed by atoms with Crippen LogP contribution < -0.4 is 11.1 Å². The van der Waals surface area contributed by atoms with Crippen molar-refractivity contribution in [3.8, 4) is 0 Å². The average Bonchev–Trinajstić information content (AvgIpc) is 2.24. The van der Waals surface area contributed by atoms with Crippen LogP contribution in [-0.4, -0.2) is 33.7 Å². The van der Waals surface area contributed by atoms with E-state index in [2.05, 4.69) is 10.3 Å². The molecule has 1 atom stereocenters. The van der Waals surface area contributed by atoms with Crippen molar-refractivity contribution in [1.29, 1.82) is 0 Å². The Kier molecular flexibility index (Phi) is 4.91. The number of carbonyl (C=O) groups is 1. The summed E-state index contributed by atoms with van der Waals surface area (Å²) in [5.74, 6) is 0.343. The first-order valence-corrected chi connectivity index (χ1v) is 6.61. The Bertz CT molecular complexity index is 395. The van der Waals surface area contributed by atoms with Gasteiger partial charge in [-0.3, -0.25) is 14.0 Å². The topological polar surface area (TPSA) is 85.1 Å². The lowest BCUT2D eigenvalue weighted by Crippen LogP contribution is -2.26. The number of rotatable bonds is 5. The van der Waals surface area contributed by atoms with Gasteiger partial charge in [0.15, 0.2) is 0 Å². The molecular weight excluding hydrogens is 226 g/mol. The smallest absolute Gasteiger partial charge is 0.254 e. The van der Waals surface area contributed by atoms with Gasteiger partial charge in [-0.05, 0) is 12.5 Å². The van der Waals surface area contributed by atoms with E-state index in [1.807, 2.05) is 0 Å². The zero-order valence-corrected chi connectivity index (χ0v) is 9.92. The lowest BCUT2D eigenvalue weighted by Gasteiger charge is -2.05. The molecular formula is C10H15N3O2S. The molecule has 1 amide bonds. The monoisotopic (exact) mass is 241 g/mol. The van der Waals surface area contributed by atoms with Crippen molar-refractivity contribution in [2.24, 2.45) is 0 Å². The summed E-state index contributed by atoms with van der Waals surface area (Å²) in [5, 5.41) is 2.70. The Labute approximate surface area is 96.9 Å². The van der Waals surface area contributed by atoms with Crippen molar-refractivity contribution >= 4 is 22.4 Å². The van der Waals surface area contributed by atoms with Gasteiger partial charge in [-0.25, -0.2) is 0 Å². The van der Waals surface area contributed by atoms with Gasteiger partial charge in [0.1, 0.15) is 0 Å². The zero-order valence-electron chi connectivity index (χ0n) is 9.10. The Hall–Kier alpha value is -1.43. The number of nitrogens with one attached hydrogen (secondary N) is 1. The second kappa shape index (κ2) is 6.22. The van der Waals surface area contributed by atoms with E-state index in [1.165, 1.54) is 12.4 Å². The van der Waals surface area contributed by atoms with E-state index in [1.54, 1.807) is 12.3 Å².